The molecule has 0 bridgehead atoms. The number of hydrogen-bond acceptors (Lipinski definition) is 10. The van der Waals surface area contributed by atoms with Crippen LogP contribution in [0.1, 0.15) is 0 Å². The molecule has 0 spiro atoms. The molecule has 0 aliphatic rings. The summed E-state index contributed by atoms with van der Waals surface area (Å²) in [6.45, 7) is 11.1. The first-order valence-corrected chi connectivity index (χ1v) is 9.45. The Bertz CT molecular complexity index is 231. The third-order valence-electron chi connectivity index (χ3n) is 3.15. The van der Waals surface area contributed by atoms with E-state index in [1.54, 1.807) is 0 Å². The molecule has 158 valence electrons. The minimum absolute atomic E-state index is 0.326. The van der Waals surface area contributed by atoms with Crippen molar-refractivity contribution in [1.29, 1.82) is 0 Å². The van der Waals surface area contributed by atoms with Crippen LogP contribution in [0.2, 0.25) is 0 Å². The molecule has 10 heteroatoms. The monoisotopic (exact) mass is 380 g/mol. The highest BCUT2D eigenvalue weighted by molar-refractivity contribution is 4.51. The maximum absolute atomic E-state index is 5.36. The molecule has 0 aromatic heterocycles. The first-order valence-electron chi connectivity index (χ1n) is 9.45. The van der Waals surface area contributed by atoms with Crippen molar-refractivity contribution in [2.24, 2.45) is 11.5 Å². The molecular weight excluding hydrogens is 340 g/mol. The molecule has 0 aliphatic heterocycles. The average Bonchev–Trinajstić information content (AvgIpc) is 2.66. The van der Waals surface area contributed by atoms with Crippen molar-refractivity contribution in [1.82, 2.24) is 21.3 Å². The second kappa shape index (κ2) is 24.6. The smallest absolute Gasteiger partial charge is 0.146 e. The Morgan fingerprint density at radius 2 is 0.731 bits per heavy atom. The molecule has 0 atom stereocenters. The first-order chi connectivity index (χ1) is 12.9. The summed E-state index contributed by atoms with van der Waals surface area (Å²) in [6.07, 6.45) is 0. The van der Waals surface area contributed by atoms with Crippen molar-refractivity contribution in [2.45, 2.75) is 0 Å². The van der Waals surface area contributed by atoms with Crippen molar-refractivity contribution in [3.8, 4) is 0 Å². The first kappa shape index (κ1) is 25.6. The van der Waals surface area contributed by atoms with E-state index in [2.05, 4.69) is 21.3 Å². The van der Waals surface area contributed by atoms with Crippen molar-refractivity contribution in [3.63, 3.8) is 0 Å². The number of nitrogens with two attached hydrogens (primary N) is 2. The van der Waals surface area contributed by atoms with Gasteiger partial charge in [0.25, 0.3) is 0 Å². The number of ether oxygens (including phenoxy) is 4. The zero-order valence-corrected chi connectivity index (χ0v) is 16.1. The van der Waals surface area contributed by atoms with Gasteiger partial charge in [-0.2, -0.15) is 0 Å². The van der Waals surface area contributed by atoms with Crippen LogP contribution in [0, 0.1) is 0 Å². The van der Waals surface area contributed by atoms with Crippen molar-refractivity contribution < 1.29 is 18.9 Å². The maximum Gasteiger partial charge on any atom is 0.146 e. The van der Waals surface area contributed by atoms with E-state index in [9.17, 15) is 0 Å². The lowest BCUT2D eigenvalue weighted by atomic mass is 10.5. The van der Waals surface area contributed by atoms with Gasteiger partial charge in [0.2, 0.25) is 0 Å². The Morgan fingerprint density at radius 3 is 1.04 bits per heavy atom. The lowest BCUT2D eigenvalue weighted by Gasteiger charge is -2.09. The van der Waals surface area contributed by atoms with Crippen LogP contribution in [0.4, 0.5) is 0 Å². The van der Waals surface area contributed by atoms with E-state index in [1.165, 1.54) is 0 Å². The molecule has 0 fully saturated rings. The van der Waals surface area contributed by atoms with Crippen LogP contribution in [0.15, 0.2) is 0 Å². The molecular formula is C16H40N6O4. The molecule has 0 radical (unpaired) electrons. The minimum atomic E-state index is 0.326. The van der Waals surface area contributed by atoms with Gasteiger partial charge in [0.15, 0.2) is 0 Å². The van der Waals surface area contributed by atoms with Gasteiger partial charge in [-0.3, -0.25) is 0 Å². The number of hydrogen-bond donors (Lipinski definition) is 6. The highest BCUT2D eigenvalue weighted by Gasteiger charge is 1.92. The van der Waals surface area contributed by atoms with Crippen LogP contribution in [0.5, 0.6) is 0 Å². The summed E-state index contributed by atoms with van der Waals surface area (Å²) < 4.78 is 21.3. The van der Waals surface area contributed by atoms with E-state index in [4.69, 9.17) is 30.4 Å². The summed E-state index contributed by atoms with van der Waals surface area (Å²) in [4.78, 5) is 0. The summed E-state index contributed by atoms with van der Waals surface area (Å²) in [7, 11) is 0. The zero-order valence-electron chi connectivity index (χ0n) is 16.1. The topological polar surface area (TPSA) is 137 Å². The van der Waals surface area contributed by atoms with Gasteiger partial charge in [-0.05, 0) is 0 Å². The molecule has 0 saturated heterocycles. The Morgan fingerprint density at radius 1 is 0.423 bits per heavy atom. The highest BCUT2D eigenvalue weighted by atomic mass is 16.7. The average molecular weight is 381 g/mol. The van der Waals surface area contributed by atoms with Crippen molar-refractivity contribution >= 4 is 0 Å². The van der Waals surface area contributed by atoms with Gasteiger partial charge in [0, 0.05) is 65.4 Å². The van der Waals surface area contributed by atoms with Gasteiger partial charge in [0.1, 0.15) is 13.6 Å². The van der Waals surface area contributed by atoms with E-state index in [0.29, 0.717) is 53.1 Å². The molecule has 0 aromatic rings. The molecule has 0 rings (SSSR count). The second-order valence-corrected chi connectivity index (χ2v) is 5.45. The summed E-state index contributed by atoms with van der Waals surface area (Å²) in [6, 6.07) is 0. The SMILES string of the molecule is NCCNCCOCOCCNCCNCCOCOCCNCCN. The number of nitrogens with one attached hydrogen (secondary N) is 4. The van der Waals surface area contributed by atoms with E-state index in [-0.39, 0.29) is 0 Å². The molecule has 26 heavy (non-hydrogen) atoms. The molecule has 0 saturated carbocycles. The van der Waals surface area contributed by atoms with Crippen LogP contribution in [-0.4, -0.2) is 105 Å². The largest absolute Gasteiger partial charge is 0.354 e. The molecule has 0 unspecified atom stereocenters. The third-order valence-corrected chi connectivity index (χ3v) is 3.15. The molecule has 0 aliphatic carbocycles. The van der Waals surface area contributed by atoms with Gasteiger partial charge in [0.05, 0.1) is 26.4 Å². The Kier molecular flexibility index (Phi) is 24.2. The van der Waals surface area contributed by atoms with Gasteiger partial charge < -0.3 is 51.7 Å². The van der Waals surface area contributed by atoms with Crippen LogP contribution in [-0.2, 0) is 18.9 Å². The lowest BCUT2D eigenvalue weighted by Crippen LogP contribution is -2.31. The van der Waals surface area contributed by atoms with Gasteiger partial charge >= 0.3 is 0 Å². The van der Waals surface area contributed by atoms with E-state index in [0.717, 1.165) is 52.4 Å². The van der Waals surface area contributed by atoms with Crippen LogP contribution >= 0.6 is 0 Å². The van der Waals surface area contributed by atoms with E-state index in [1.807, 2.05) is 0 Å². The normalized spacial score (nSPS) is 11.3. The fourth-order valence-electron chi connectivity index (χ4n) is 1.81. The van der Waals surface area contributed by atoms with E-state index >= 15 is 0 Å². The maximum atomic E-state index is 5.36. The fraction of sp³-hybridized carbons (Fsp3) is 1.00. The lowest BCUT2D eigenvalue weighted by molar-refractivity contribution is -0.0516. The highest BCUT2D eigenvalue weighted by Crippen LogP contribution is 1.78. The van der Waals surface area contributed by atoms with Crippen LogP contribution in [0.25, 0.3) is 0 Å². The van der Waals surface area contributed by atoms with E-state index < -0.39 is 0 Å². The molecule has 0 aromatic carbocycles. The molecule has 8 N–H and O–H groups in total. The standard InChI is InChI=1S/C16H40N6O4/c17-1-3-19-7-11-23-15-25-13-9-21-5-6-22-10-14-26-16-24-12-8-20-4-2-18/h19-22H,1-18H2. The van der Waals surface area contributed by atoms with Crippen LogP contribution < -0.4 is 32.7 Å². The molecule has 0 amide bonds. The number of rotatable bonds is 23. The molecule has 10 nitrogen and oxygen atoms in total. The Hall–Kier alpha value is -0.400. The van der Waals surface area contributed by atoms with Crippen molar-refractivity contribution in [2.75, 3.05) is 105 Å². The van der Waals surface area contributed by atoms with Gasteiger partial charge in [-0.1, -0.05) is 0 Å². The Labute approximate surface area is 158 Å². The predicted molar refractivity (Wildman–Crippen MR) is 103 cm³/mol. The quantitative estimate of drug-likeness (QED) is 0.0817. The fourth-order valence-corrected chi connectivity index (χ4v) is 1.81. The summed E-state index contributed by atoms with van der Waals surface area (Å²) >= 11 is 0. The summed E-state index contributed by atoms with van der Waals surface area (Å²) in [5.74, 6) is 0. The zero-order chi connectivity index (χ0) is 19.0. The minimum Gasteiger partial charge on any atom is -0.354 e. The van der Waals surface area contributed by atoms with Gasteiger partial charge in [-0.25, -0.2) is 0 Å². The van der Waals surface area contributed by atoms with Gasteiger partial charge in [-0.15, -0.1) is 0 Å². The third kappa shape index (κ3) is 23.6. The van der Waals surface area contributed by atoms with Crippen LogP contribution in [0.3, 0.4) is 0 Å². The summed E-state index contributed by atoms with van der Waals surface area (Å²) in [5.41, 5.74) is 10.7. The second-order valence-electron chi connectivity index (χ2n) is 5.45. The molecule has 0 heterocycles. The summed E-state index contributed by atoms with van der Waals surface area (Å²) in [5, 5.41) is 12.9. The predicted octanol–water partition coefficient (Wildman–Crippen LogP) is -2.76. The van der Waals surface area contributed by atoms with Crippen molar-refractivity contribution in [3.05, 3.63) is 0 Å². The Balaban J connectivity index is 2.95.